The summed E-state index contributed by atoms with van der Waals surface area (Å²) in [5, 5.41) is 0. The second kappa shape index (κ2) is 7.90. The molecule has 2 aromatic carbocycles. The highest BCUT2D eigenvalue weighted by atomic mass is 28.3. The van der Waals surface area contributed by atoms with E-state index in [9.17, 15) is 4.79 Å². The summed E-state index contributed by atoms with van der Waals surface area (Å²) in [5.74, 6) is 0.234. The lowest BCUT2D eigenvalue weighted by Crippen LogP contribution is -2.27. The monoisotopic (exact) mass is 308 g/mol. The Morgan fingerprint density at radius 2 is 1.45 bits per heavy atom. The van der Waals surface area contributed by atoms with E-state index in [1.165, 1.54) is 11.1 Å². The fraction of sp³-hybridized carbons (Fsp3) is 0.250. The van der Waals surface area contributed by atoms with E-state index in [2.05, 4.69) is 55.2 Å². The molecule has 2 aromatic rings. The van der Waals surface area contributed by atoms with E-state index >= 15 is 0 Å². The second-order valence-electron chi connectivity index (χ2n) is 6.44. The van der Waals surface area contributed by atoms with Crippen LogP contribution < -0.4 is 0 Å². The first-order chi connectivity index (χ1) is 10.6. The number of benzene rings is 2. The zero-order valence-electron chi connectivity index (χ0n) is 13.5. The Kier molecular flexibility index (Phi) is 5.90. The molecular weight excluding hydrogens is 284 g/mol. The van der Waals surface area contributed by atoms with Gasteiger partial charge in [-0.25, -0.2) is 0 Å². The van der Waals surface area contributed by atoms with E-state index in [4.69, 9.17) is 0 Å². The van der Waals surface area contributed by atoms with Crippen LogP contribution in [0.15, 0.2) is 72.4 Å². The minimum absolute atomic E-state index is 0.234. The Balaban J connectivity index is 1.85. The molecule has 0 spiro atoms. The van der Waals surface area contributed by atoms with Crippen LogP contribution in [-0.4, -0.2) is 13.9 Å². The number of hydrogen-bond donors (Lipinski definition) is 0. The summed E-state index contributed by atoms with van der Waals surface area (Å²) >= 11 is 0. The molecule has 0 N–H and O–H groups in total. The normalized spacial score (nSPS) is 11.7. The standard InChI is InChI=1S/C20H24OSi/c1-22(2,17-19-11-7-4-8-12-19)16-15-20(21)14-13-18-9-5-3-6-10-18/h3-12,15-16H,13-14,17H2,1-2H3/b16-15-. The summed E-state index contributed by atoms with van der Waals surface area (Å²) in [5.41, 5.74) is 4.78. The van der Waals surface area contributed by atoms with Crippen LogP contribution in [0.1, 0.15) is 17.5 Å². The third-order valence-corrected chi connectivity index (χ3v) is 6.11. The Bertz CT molecular complexity index is 615. The Morgan fingerprint density at radius 1 is 0.909 bits per heavy atom. The van der Waals surface area contributed by atoms with E-state index in [1.54, 1.807) is 0 Å². The summed E-state index contributed by atoms with van der Waals surface area (Å²) in [6, 6.07) is 21.8. The highest BCUT2D eigenvalue weighted by Crippen LogP contribution is 2.13. The molecule has 0 heterocycles. The van der Waals surface area contributed by atoms with Gasteiger partial charge in [-0.15, -0.1) is 0 Å². The zero-order valence-corrected chi connectivity index (χ0v) is 14.5. The van der Waals surface area contributed by atoms with Gasteiger partial charge in [-0.2, -0.15) is 0 Å². The van der Waals surface area contributed by atoms with Crippen molar-refractivity contribution in [2.75, 3.05) is 0 Å². The Hall–Kier alpha value is -1.93. The maximum Gasteiger partial charge on any atom is 0.155 e. The van der Waals surface area contributed by atoms with Gasteiger partial charge in [0.05, 0.1) is 8.07 Å². The van der Waals surface area contributed by atoms with Gasteiger partial charge in [0.2, 0.25) is 0 Å². The largest absolute Gasteiger partial charge is 0.295 e. The van der Waals surface area contributed by atoms with Gasteiger partial charge in [-0.1, -0.05) is 85.0 Å². The molecule has 0 radical (unpaired) electrons. The minimum atomic E-state index is -1.52. The molecule has 0 unspecified atom stereocenters. The lowest BCUT2D eigenvalue weighted by molar-refractivity contribution is -0.114. The Labute approximate surface area is 134 Å². The van der Waals surface area contributed by atoms with Crippen molar-refractivity contribution in [2.45, 2.75) is 32.0 Å². The van der Waals surface area contributed by atoms with Crippen molar-refractivity contribution < 1.29 is 4.79 Å². The molecule has 2 rings (SSSR count). The van der Waals surface area contributed by atoms with Gasteiger partial charge >= 0.3 is 0 Å². The summed E-state index contributed by atoms with van der Waals surface area (Å²) in [7, 11) is -1.52. The van der Waals surface area contributed by atoms with Gasteiger partial charge < -0.3 is 0 Å². The topological polar surface area (TPSA) is 17.1 Å². The van der Waals surface area contributed by atoms with Crippen molar-refractivity contribution in [1.82, 2.24) is 0 Å². The molecule has 2 heteroatoms. The van der Waals surface area contributed by atoms with Crippen LogP contribution in [0.25, 0.3) is 0 Å². The van der Waals surface area contributed by atoms with Crippen molar-refractivity contribution in [3.63, 3.8) is 0 Å². The van der Waals surface area contributed by atoms with Crippen LogP contribution in [0, 0.1) is 0 Å². The van der Waals surface area contributed by atoms with Gasteiger partial charge in [-0.05, 0) is 24.1 Å². The molecule has 0 aromatic heterocycles. The first-order valence-corrected chi connectivity index (χ1v) is 11.1. The fourth-order valence-electron chi connectivity index (χ4n) is 2.49. The molecule has 22 heavy (non-hydrogen) atoms. The zero-order chi connectivity index (χ0) is 15.8. The smallest absolute Gasteiger partial charge is 0.155 e. The summed E-state index contributed by atoms with van der Waals surface area (Å²) in [4.78, 5) is 12.1. The van der Waals surface area contributed by atoms with Crippen molar-refractivity contribution in [2.24, 2.45) is 0 Å². The van der Waals surface area contributed by atoms with Crippen LogP contribution in [-0.2, 0) is 17.3 Å². The summed E-state index contributed by atoms with van der Waals surface area (Å²) in [6.07, 6.45) is 3.24. The highest BCUT2D eigenvalue weighted by Gasteiger charge is 2.17. The molecule has 114 valence electrons. The van der Waals surface area contributed by atoms with Gasteiger partial charge in [0, 0.05) is 6.42 Å². The van der Waals surface area contributed by atoms with Crippen LogP contribution in [0.2, 0.25) is 13.1 Å². The van der Waals surface area contributed by atoms with E-state index in [1.807, 2.05) is 30.3 Å². The molecule has 0 aliphatic heterocycles. The van der Waals surface area contributed by atoms with Crippen LogP contribution in [0.3, 0.4) is 0 Å². The number of rotatable bonds is 7. The van der Waals surface area contributed by atoms with Crippen LogP contribution in [0.5, 0.6) is 0 Å². The van der Waals surface area contributed by atoms with E-state index in [0.29, 0.717) is 6.42 Å². The third-order valence-electron chi connectivity index (χ3n) is 3.73. The quantitative estimate of drug-likeness (QED) is 0.532. The minimum Gasteiger partial charge on any atom is -0.295 e. The van der Waals surface area contributed by atoms with Gasteiger partial charge in [0.25, 0.3) is 0 Å². The summed E-state index contributed by atoms with van der Waals surface area (Å²) in [6.45, 7) is 4.61. The van der Waals surface area contributed by atoms with E-state index < -0.39 is 8.07 Å². The molecule has 0 aliphatic carbocycles. The molecule has 0 atom stereocenters. The fourth-order valence-corrected chi connectivity index (χ4v) is 4.54. The lowest BCUT2D eigenvalue weighted by atomic mass is 10.1. The molecule has 0 saturated carbocycles. The van der Waals surface area contributed by atoms with E-state index in [0.717, 1.165) is 12.5 Å². The molecular formula is C20H24OSi. The second-order valence-corrected chi connectivity index (χ2v) is 11.1. The molecule has 0 aliphatic rings. The van der Waals surface area contributed by atoms with Gasteiger partial charge in [0.15, 0.2) is 5.78 Å². The Morgan fingerprint density at radius 3 is 2.05 bits per heavy atom. The summed E-state index contributed by atoms with van der Waals surface area (Å²) < 4.78 is 0. The number of hydrogen-bond acceptors (Lipinski definition) is 1. The van der Waals surface area contributed by atoms with Crippen molar-refractivity contribution >= 4 is 13.9 Å². The SMILES string of the molecule is C[Si](C)(/C=C\C(=O)CCc1ccccc1)Cc1ccccc1. The molecule has 0 bridgehead atoms. The van der Waals surface area contributed by atoms with Crippen molar-refractivity contribution in [3.05, 3.63) is 83.6 Å². The molecule has 0 amide bonds. The maximum atomic E-state index is 12.1. The maximum absolute atomic E-state index is 12.1. The lowest BCUT2D eigenvalue weighted by Gasteiger charge is -2.17. The predicted octanol–water partition coefficient (Wildman–Crippen LogP) is 4.77. The molecule has 1 nitrogen and oxygen atoms in total. The average molecular weight is 308 g/mol. The third kappa shape index (κ3) is 5.82. The number of carbonyl (C=O) groups is 1. The average Bonchev–Trinajstić information content (AvgIpc) is 2.53. The van der Waals surface area contributed by atoms with Crippen LogP contribution >= 0.6 is 0 Å². The van der Waals surface area contributed by atoms with Crippen molar-refractivity contribution in [1.29, 1.82) is 0 Å². The van der Waals surface area contributed by atoms with Gasteiger partial charge in [0.1, 0.15) is 0 Å². The number of aryl methyl sites for hydroxylation is 1. The molecule has 0 fully saturated rings. The van der Waals surface area contributed by atoms with Crippen LogP contribution in [0.4, 0.5) is 0 Å². The first-order valence-electron chi connectivity index (χ1n) is 7.85. The van der Waals surface area contributed by atoms with E-state index in [-0.39, 0.29) is 5.78 Å². The number of allylic oxidation sites excluding steroid dienone is 1. The first kappa shape index (κ1) is 16.4. The van der Waals surface area contributed by atoms with Gasteiger partial charge in [-0.3, -0.25) is 4.79 Å². The number of carbonyl (C=O) groups excluding carboxylic acids is 1. The van der Waals surface area contributed by atoms with Crippen molar-refractivity contribution in [3.8, 4) is 0 Å². The molecule has 0 saturated heterocycles. The number of ketones is 1. The predicted molar refractivity (Wildman–Crippen MR) is 96.5 cm³/mol. The highest BCUT2D eigenvalue weighted by molar-refractivity contribution is 6.81.